The first-order chi connectivity index (χ1) is 19.6. The minimum absolute atomic E-state index is 0.0570. The monoisotopic (exact) mass is 532 g/mol. The van der Waals surface area contributed by atoms with Crippen LogP contribution in [0, 0.1) is 11.3 Å². The van der Waals surface area contributed by atoms with Gasteiger partial charge in [-0.1, -0.05) is 42.5 Å². The number of methoxy groups -OCH3 is 1. The van der Waals surface area contributed by atoms with E-state index in [1.54, 1.807) is 25.6 Å². The molecule has 2 aromatic carbocycles. The summed E-state index contributed by atoms with van der Waals surface area (Å²) in [6.45, 7) is 0.461. The smallest absolute Gasteiger partial charge is 0.322 e. The number of nitrogens with one attached hydrogen (secondary N) is 2. The number of rotatable bonds is 8. The van der Waals surface area contributed by atoms with Crippen LogP contribution in [0.2, 0.25) is 0 Å². The minimum Gasteiger partial charge on any atom is -0.481 e. The maximum Gasteiger partial charge on any atom is 0.322 e. The first-order valence-electron chi connectivity index (χ1n) is 13.5. The molecule has 8 nitrogen and oxygen atoms in total. The number of benzene rings is 2. The average Bonchev–Trinajstić information content (AvgIpc) is 3.02. The Bertz CT molecular complexity index is 1440. The van der Waals surface area contributed by atoms with Crippen molar-refractivity contribution in [1.29, 1.82) is 5.26 Å². The second kappa shape index (κ2) is 12.8. The number of pyridine rings is 2. The number of ether oxygens (including phenoxy) is 1. The lowest BCUT2D eigenvalue weighted by molar-refractivity contribution is 0.240. The Morgan fingerprint density at radius 2 is 1.75 bits per heavy atom. The second-order valence-corrected chi connectivity index (χ2v) is 9.82. The number of carbonyl (C=O) groups is 1. The number of nitriles is 1. The number of urea groups is 1. The van der Waals surface area contributed by atoms with Crippen LogP contribution in [0.1, 0.15) is 36.8 Å². The van der Waals surface area contributed by atoms with Gasteiger partial charge >= 0.3 is 6.03 Å². The SMILES string of the molecule is COc1ncccc1-c1ccc(N(C(=O)NCc2ccccc2)C2CCC(Nc3ccc(C#N)cn3)CC2)cc1. The summed E-state index contributed by atoms with van der Waals surface area (Å²) in [4.78, 5) is 24.2. The lowest BCUT2D eigenvalue weighted by Crippen LogP contribution is -2.48. The van der Waals surface area contributed by atoms with Gasteiger partial charge in [0.25, 0.3) is 0 Å². The molecule has 4 aromatic rings. The van der Waals surface area contributed by atoms with Crippen molar-refractivity contribution in [2.75, 3.05) is 17.3 Å². The molecule has 1 saturated carbocycles. The molecule has 40 heavy (non-hydrogen) atoms. The predicted molar refractivity (Wildman–Crippen MR) is 156 cm³/mol. The van der Waals surface area contributed by atoms with Crippen LogP contribution in [-0.4, -0.2) is 35.2 Å². The summed E-state index contributed by atoms with van der Waals surface area (Å²) in [6.07, 6.45) is 6.80. The molecule has 0 aliphatic heterocycles. The maximum absolute atomic E-state index is 13.6. The van der Waals surface area contributed by atoms with Gasteiger partial charge in [-0.2, -0.15) is 5.26 Å². The lowest BCUT2D eigenvalue weighted by atomic mass is 9.89. The number of carbonyl (C=O) groups excluding carboxylic acids is 1. The Morgan fingerprint density at radius 1 is 0.975 bits per heavy atom. The zero-order chi connectivity index (χ0) is 27.7. The third kappa shape index (κ3) is 6.38. The standard InChI is InChI=1S/C32H32N6O2/c1-40-31-29(8-5-19-34-31)25-10-14-27(15-11-25)38(32(39)36-21-23-6-3-2-4-7-23)28-16-12-26(13-17-28)37-30-18-9-24(20-33)22-35-30/h2-11,14-15,18-19,22,26,28H,12-13,16-17,21H2,1H3,(H,35,37)(H,36,39). The molecular formula is C32H32N6O2. The summed E-state index contributed by atoms with van der Waals surface area (Å²) in [5.41, 5.74) is 4.32. The minimum atomic E-state index is -0.110. The molecule has 2 N–H and O–H groups in total. The molecule has 8 heteroatoms. The topological polar surface area (TPSA) is 103 Å². The highest BCUT2D eigenvalue weighted by Crippen LogP contribution is 2.33. The molecule has 1 aliphatic carbocycles. The van der Waals surface area contributed by atoms with E-state index in [1.807, 2.05) is 77.7 Å². The molecule has 1 fully saturated rings. The molecule has 0 atom stereocenters. The van der Waals surface area contributed by atoms with Gasteiger partial charge in [0.15, 0.2) is 0 Å². The van der Waals surface area contributed by atoms with Crippen molar-refractivity contribution in [2.24, 2.45) is 0 Å². The van der Waals surface area contributed by atoms with E-state index in [2.05, 4.69) is 26.7 Å². The van der Waals surface area contributed by atoms with Gasteiger partial charge in [0.2, 0.25) is 5.88 Å². The summed E-state index contributed by atoms with van der Waals surface area (Å²) in [5.74, 6) is 1.33. The van der Waals surface area contributed by atoms with Crippen LogP contribution in [0.5, 0.6) is 5.88 Å². The number of hydrogen-bond acceptors (Lipinski definition) is 6. The predicted octanol–water partition coefficient (Wildman–Crippen LogP) is 6.16. The number of amides is 2. The Hall–Kier alpha value is -4.90. The van der Waals surface area contributed by atoms with Crippen molar-refractivity contribution >= 4 is 17.5 Å². The molecule has 2 heterocycles. The van der Waals surface area contributed by atoms with Crippen LogP contribution in [0.25, 0.3) is 11.1 Å². The number of hydrogen-bond donors (Lipinski definition) is 2. The normalized spacial score (nSPS) is 16.4. The number of anilines is 2. The van der Waals surface area contributed by atoms with Crippen LogP contribution in [-0.2, 0) is 6.54 Å². The van der Waals surface area contributed by atoms with Gasteiger partial charge in [0, 0.05) is 42.3 Å². The van der Waals surface area contributed by atoms with E-state index in [4.69, 9.17) is 10.00 Å². The van der Waals surface area contributed by atoms with Crippen LogP contribution in [0.15, 0.2) is 91.3 Å². The highest BCUT2D eigenvalue weighted by molar-refractivity contribution is 5.93. The Labute approximate surface area is 234 Å². The van der Waals surface area contributed by atoms with Crippen molar-refractivity contribution in [3.05, 3.63) is 102 Å². The molecule has 0 spiro atoms. The van der Waals surface area contributed by atoms with E-state index in [-0.39, 0.29) is 18.1 Å². The molecule has 0 bridgehead atoms. The zero-order valence-electron chi connectivity index (χ0n) is 22.5. The summed E-state index contributed by atoms with van der Waals surface area (Å²) >= 11 is 0. The largest absolute Gasteiger partial charge is 0.481 e. The van der Waals surface area contributed by atoms with Gasteiger partial charge in [-0.25, -0.2) is 14.8 Å². The van der Waals surface area contributed by atoms with Crippen molar-refractivity contribution in [3.63, 3.8) is 0 Å². The van der Waals surface area contributed by atoms with E-state index in [0.717, 1.165) is 53.9 Å². The van der Waals surface area contributed by atoms with E-state index < -0.39 is 0 Å². The molecular weight excluding hydrogens is 500 g/mol. The van der Waals surface area contributed by atoms with Gasteiger partial charge in [-0.05, 0) is 73.2 Å². The molecule has 0 saturated heterocycles. The van der Waals surface area contributed by atoms with Gasteiger partial charge in [-0.15, -0.1) is 0 Å². The Kier molecular flexibility index (Phi) is 8.52. The fourth-order valence-corrected chi connectivity index (χ4v) is 5.16. The zero-order valence-corrected chi connectivity index (χ0v) is 22.5. The third-order valence-corrected chi connectivity index (χ3v) is 7.23. The van der Waals surface area contributed by atoms with Crippen molar-refractivity contribution in [1.82, 2.24) is 15.3 Å². The Morgan fingerprint density at radius 3 is 2.42 bits per heavy atom. The van der Waals surface area contributed by atoms with Gasteiger partial charge in [-0.3, -0.25) is 4.90 Å². The highest BCUT2D eigenvalue weighted by atomic mass is 16.5. The van der Waals surface area contributed by atoms with Gasteiger partial charge in [0.05, 0.1) is 12.7 Å². The molecule has 1 aliphatic rings. The van der Waals surface area contributed by atoms with E-state index >= 15 is 0 Å². The van der Waals surface area contributed by atoms with Crippen LogP contribution in [0.3, 0.4) is 0 Å². The molecule has 2 aromatic heterocycles. The quantitative estimate of drug-likeness (QED) is 0.282. The fraction of sp³-hybridized carbons (Fsp3) is 0.250. The number of aromatic nitrogens is 2. The first-order valence-corrected chi connectivity index (χ1v) is 13.5. The average molecular weight is 533 g/mol. The van der Waals surface area contributed by atoms with Crippen LogP contribution >= 0.6 is 0 Å². The van der Waals surface area contributed by atoms with E-state index in [9.17, 15) is 4.79 Å². The molecule has 0 unspecified atom stereocenters. The Balaban J connectivity index is 1.32. The number of nitrogens with zero attached hydrogens (tertiary/aromatic N) is 4. The van der Waals surface area contributed by atoms with E-state index in [1.165, 1.54) is 0 Å². The van der Waals surface area contributed by atoms with Gasteiger partial charge in [0.1, 0.15) is 11.9 Å². The van der Waals surface area contributed by atoms with Crippen LogP contribution in [0.4, 0.5) is 16.3 Å². The van der Waals surface area contributed by atoms with Gasteiger partial charge < -0.3 is 15.4 Å². The summed E-state index contributed by atoms with van der Waals surface area (Å²) in [5, 5.41) is 15.6. The molecule has 2 amide bonds. The van der Waals surface area contributed by atoms with E-state index in [0.29, 0.717) is 18.0 Å². The summed E-state index contributed by atoms with van der Waals surface area (Å²) < 4.78 is 5.44. The van der Waals surface area contributed by atoms with Crippen molar-refractivity contribution < 1.29 is 9.53 Å². The summed E-state index contributed by atoms with van der Waals surface area (Å²) in [6, 6.07) is 27.7. The van der Waals surface area contributed by atoms with Crippen molar-refractivity contribution in [3.8, 4) is 23.1 Å². The highest BCUT2D eigenvalue weighted by Gasteiger charge is 2.30. The molecule has 0 radical (unpaired) electrons. The second-order valence-electron chi connectivity index (χ2n) is 9.82. The fourth-order valence-electron chi connectivity index (χ4n) is 5.16. The maximum atomic E-state index is 13.6. The summed E-state index contributed by atoms with van der Waals surface area (Å²) in [7, 11) is 1.61. The molecule has 202 valence electrons. The first kappa shape index (κ1) is 26.7. The van der Waals surface area contributed by atoms with Crippen LogP contribution < -0.4 is 20.3 Å². The lowest BCUT2D eigenvalue weighted by Gasteiger charge is -2.37. The molecule has 5 rings (SSSR count). The third-order valence-electron chi connectivity index (χ3n) is 7.23. The van der Waals surface area contributed by atoms with Crippen molar-refractivity contribution in [2.45, 2.75) is 44.3 Å².